The van der Waals surface area contributed by atoms with E-state index < -0.39 is 11.9 Å². The SMILES string of the molecule is C[C@H]1C[C@@H](c2nc(-c3ncc(N)nc3Cl)c[nH]2)n2c1nc(-c1c(-n3cnnn3)ccc(Cl)c1F)cc2=O. The lowest BCUT2D eigenvalue weighted by molar-refractivity contribution is 0.555. The zero-order valence-electron chi connectivity index (χ0n) is 19.0. The van der Waals surface area contributed by atoms with Crippen LogP contribution < -0.4 is 11.3 Å². The molecule has 6 rings (SSSR count). The van der Waals surface area contributed by atoms with Gasteiger partial charge in [0.2, 0.25) is 0 Å². The summed E-state index contributed by atoms with van der Waals surface area (Å²) < 4.78 is 18.1. The topological polar surface area (TPSA) is 159 Å². The van der Waals surface area contributed by atoms with Crippen LogP contribution in [-0.2, 0) is 0 Å². The van der Waals surface area contributed by atoms with Crippen LogP contribution in [0, 0.1) is 5.82 Å². The van der Waals surface area contributed by atoms with Gasteiger partial charge < -0.3 is 10.7 Å². The molecule has 0 amide bonds. The quantitative estimate of drug-likeness (QED) is 0.349. The molecule has 0 saturated carbocycles. The number of H-pyrrole nitrogens is 1. The average molecular weight is 540 g/mol. The van der Waals surface area contributed by atoms with Crippen molar-refractivity contribution in [3.05, 3.63) is 74.9 Å². The van der Waals surface area contributed by atoms with Crippen LogP contribution in [0.25, 0.3) is 28.3 Å². The van der Waals surface area contributed by atoms with Gasteiger partial charge in [0, 0.05) is 18.2 Å². The van der Waals surface area contributed by atoms with Crippen LogP contribution in [-0.4, -0.2) is 49.7 Å². The fourth-order valence-electron chi connectivity index (χ4n) is 4.50. The second kappa shape index (κ2) is 8.71. The van der Waals surface area contributed by atoms with E-state index in [1.165, 1.54) is 29.3 Å². The lowest BCUT2D eigenvalue weighted by atomic mass is 10.1. The largest absolute Gasteiger partial charge is 0.382 e. The van der Waals surface area contributed by atoms with Crippen LogP contribution in [0.4, 0.5) is 10.2 Å². The van der Waals surface area contributed by atoms with Gasteiger partial charge in [-0.15, -0.1) is 5.10 Å². The van der Waals surface area contributed by atoms with Gasteiger partial charge in [0.15, 0.2) is 11.0 Å². The van der Waals surface area contributed by atoms with Crippen molar-refractivity contribution in [2.75, 3.05) is 5.73 Å². The van der Waals surface area contributed by atoms with Gasteiger partial charge in [-0.25, -0.2) is 24.3 Å². The van der Waals surface area contributed by atoms with Gasteiger partial charge in [-0.1, -0.05) is 30.1 Å². The molecule has 1 aliphatic heterocycles. The molecule has 5 aromatic rings. The number of aromatic amines is 1. The minimum atomic E-state index is -0.731. The fraction of sp³-hybridized carbons (Fsp3) is 0.182. The van der Waals surface area contributed by atoms with E-state index >= 15 is 4.39 Å². The van der Waals surface area contributed by atoms with Crippen LogP contribution in [0.3, 0.4) is 0 Å². The summed E-state index contributed by atoms with van der Waals surface area (Å²) in [4.78, 5) is 34.0. The lowest BCUT2D eigenvalue weighted by Gasteiger charge is -2.14. The van der Waals surface area contributed by atoms with Gasteiger partial charge in [-0.05, 0) is 29.0 Å². The highest BCUT2D eigenvalue weighted by Gasteiger charge is 2.34. The number of rotatable bonds is 4. The van der Waals surface area contributed by atoms with Crippen LogP contribution in [0.5, 0.6) is 0 Å². The molecular formula is C22H16Cl2FN11O. The third kappa shape index (κ3) is 3.83. The standard InChI is InChI=1S/C22H16Cl2FN11O/c1-9-4-14(21-28-6-12(30-21)19-20(24)32-15(26)7-27-19)36-16(37)5-11(31-22(9)36)17-13(35-8-29-33-34-35)3-2-10(23)18(17)25/h2-3,5-9,14H,4H2,1H3,(H2,26,32)(H,28,30)/t9-,14-/m0/s1. The first-order valence-electron chi connectivity index (χ1n) is 11.0. The van der Waals surface area contributed by atoms with E-state index in [9.17, 15) is 4.79 Å². The van der Waals surface area contributed by atoms with Gasteiger partial charge in [0.1, 0.15) is 35.2 Å². The normalized spacial score (nSPS) is 16.8. The van der Waals surface area contributed by atoms with E-state index in [0.717, 1.165) is 0 Å². The lowest BCUT2D eigenvalue weighted by Crippen LogP contribution is -2.25. The third-order valence-electron chi connectivity index (χ3n) is 6.14. The summed E-state index contributed by atoms with van der Waals surface area (Å²) in [7, 11) is 0. The highest BCUT2D eigenvalue weighted by atomic mass is 35.5. The molecule has 0 spiro atoms. The van der Waals surface area contributed by atoms with Crippen LogP contribution in [0.1, 0.15) is 37.0 Å². The summed E-state index contributed by atoms with van der Waals surface area (Å²) in [6.07, 6.45) is 4.88. The van der Waals surface area contributed by atoms with Crippen molar-refractivity contribution in [1.29, 1.82) is 0 Å². The summed E-state index contributed by atoms with van der Waals surface area (Å²) in [6.45, 7) is 1.94. The maximum atomic E-state index is 15.3. The van der Waals surface area contributed by atoms with Crippen molar-refractivity contribution in [3.8, 4) is 28.3 Å². The number of nitrogens with two attached hydrogens (primary N) is 1. The highest BCUT2D eigenvalue weighted by molar-refractivity contribution is 6.32. The number of nitrogens with zero attached hydrogens (tertiary/aromatic N) is 9. The van der Waals surface area contributed by atoms with Crippen molar-refractivity contribution in [2.45, 2.75) is 25.3 Å². The van der Waals surface area contributed by atoms with E-state index in [1.807, 2.05) is 6.92 Å². The molecule has 2 atom stereocenters. The van der Waals surface area contributed by atoms with E-state index in [-0.39, 0.29) is 38.7 Å². The van der Waals surface area contributed by atoms with Crippen molar-refractivity contribution in [2.24, 2.45) is 0 Å². The average Bonchev–Trinajstić information content (AvgIpc) is 3.62. The highest BCUT2D eigenvalue weighted by Crippen LogP contribution is 2.39. The first-order chi connectivity index (χ1) is 17.8. The van der Waals surface area contributed by atoms with Crippen molar-refractivity contribution >= 4 is 29.0 Å². The first kappa shape index (κ1) is 23.2. The smallest absolute Gasteiger partial charge is 0.254 e. The first-order valence-corrected chi connectivity index (χ1v) is 11.8. The minimum Gasteiger partial charge on any atom is -0.382 e. The number of fused-ring (bicyclic) bond motifs is 1. The Morgan fingerprint density at radius 2 is 2.03 bits per heavy atom. The number of hydrogen-bond acceptors (Lipinski definition) is 9. The molecule has 1 aliphatic rings. The predicted octanol–water partition coefficient (Wildman–Crippen LogP) is 3.19. The summed E-state index contributed by atoms with van der Waals surface area (Å²) in [5.41, 5.74) is 6.51. The molecule has 0 aliphatic carbocycles. The number of anilines is 1. The van der Waals surface area contributed by atoms with Crippen LogP contribution in [0.15, 0.2) is 41.7 Å². The molecule has 15 heteroatoms. The maximum Gasteiger partial charge on any atom is 0.254 e. The second-order valence-corrected chi connectivity index (χ2v) is 9.24. The van der Waals surface area contributed by atoms with Gasteiger partial charge in [-0.2, -0.15) is 4.68 Å². The Morgan fingerprint density at radius 3 is 2.78 bits per heavy atom. The van der Waals surface area contributed by atoms with Crippen molar-refractivity contribution in [1.82, 2.24) is 49.7 Å². The molecule has 37 heavy (non-hydrogen) atoms. The summed E-state index contributed by atoms with van der Waals surface area (Å²) in [5.74, 6) is 0.333. The molecule has 0 fully saturated rings. The molecule has 186 valence electrons. The molecule has 4 aromatic heterocycles. The number of nitrogens with one attached hydrogen (secondary N) is 1. The number of tetrazole rings is 1. The Balaban J connectivity index is 1.44. The van der Waals surface area contributed by atoms with Crippen molar-refractivity contribution in [3.63, 3.8) is 0 Å². The molecule has 5 heterocycles. The van der Waals surface area contributed by atoms with Gasteiger partial charge in [0.25, 0.3) is 5.56 Å². The molecule has 0 saturated heterocycles. The number of aromatic nitrogens is 10. The fourth-order valence-corrected chi connectivity index (χ4v) is 4.90. The predicted molar refractivity (Wildman–Crippen MR) is 132 cm³/mol. The van der Waals surface area contributed by atoms with E-state index in [4.69, 9.17) is 28.9 Å². The molecule has 12 nitrogen and oxygen atoms in total. The third-order valence-corrected chi connectivity index (χ3v) is 6.69. The molecule has 3 N–H and O–H groups in total. The summed E-state index contributed by atoms with van der Waals surface area (Å²) >= 11 is 12.3. The number of hydrogen-bond donors (Lipinski definition) is 2. The Bertz CT molecular complexity index is 1720. The second-order valence-electron chi connectivity index (χ2n) is 8.48. The van der Waals surface area contributed by atoms with Crippen LogP contribution in [0.2, 0.25) is 10.2 Å². The summed E-state index contributed by atoms with van der Waals surface area (Å²) in [6, 6.07) is 3.79. The minimum absolute atomic E-state index is 0.0211. The van der Waals surface area contributed by atoms with Crippen LogP contribution >= 0.6 is 23.2 Å². The zero-order chi connectivity index (χ0) is 25.8. The molecule has 0 bridgehead atoms. The number of imidazole rings is 1. The molecule has 0 unspecified atom stereocenters. The number of halogens is 3. The monoisotopic (exact) mass is 539 g/mol. The maximum absolute atomic E-state index is 15.3. The molecule has 0 radical (unpaired) electrons. The Hall–Kier alpha value is -4.23. The van der Waals surface area contributed by atoms with Crippen molar-refractivity contribution < 1.29 is 4.39 Å². The Kier molecular flexibility index (Phi) is 5.46. The van der Waals surface area contributed by atoms with Gasteiger partial charge in [-0.3, -0.25) is 9.36 Å². The van der Waals surface area contributed by atoms with E-state index in [2.05, 4.69) is 40.4 Å². The number of benzene rings is 1. The van der Waals surface area contributed by atoms with Gasteiger partial charge in [0.05, 0.1) is 34.2 Å². The van der Waals surface area contributed by atoms with E-state index in [1.54, 1.807) is 16.8 Å². The summed E-state index contributed by atoms with van der Waals surface area (Å²) in [5, 5.41) is 11.1. The van der Waals surface area contributed by atoms with E-state index in [0.29, 0.717) is 35.1 Å². The van der Waals surface area contributed by atoms with Gasteiger partial charge >= 0.3 is 0 Å². The Morgan fingerprint density at radius 1 is 1.19 bits per heavy atom. The zero-order valence-corrected chi connectivity index (χ0v) is 20.5. The number of nitrogen functional groups attached to an aromatic ring is 1. The molecule has 1 aromatic carbocycles. The Labute approximate surface area is 217 Å². The molecular weight excluding hydrogens is 524 g/mol.